The minimum atomic E-state index is -0.662. The molecule has 10 nitrogen and oxygen atoms in total. The standard InChI is InChI=1S/C19H27N3O7/c1-27-9-10-29-17-12-15(22(25)26)14(11-16(17)28-2)19(24)20-8-7-18(23)21-13-5-3-4-6-13/h11-13H,3-10H2,1-2H3,(H,20,24)(H,21,23). The van der Waals surface area contributed by atoms with Crippen molar-refractivity contribution in [2.45, 2.75) is 38.1 Å². The van der Waals surface area contributed by atoms with Crippen molar-refractivity contribution in [1.82, 2.24) is 10.6 Å². The maximum Gasteiger partial charge on any atom is 0.286 e. The van der Waals surface area contributed by atoms with Crippen LogP contribution in [0.2, 0.25) is 0 Å². The van der Waals surface area contributed by atoms with Crippen molar-refractivity contribution < 1.29 is 28.7 Å². The van der Waals surface area contributed by atoms with Crippen LogP contribution in [0.3, 0.4) is 0 Å². The third kappa shape index (κ3) is 6.60. The molecule has 0 spiro atoms. The molecule has 0 aliphatic heterocycles. The third-order valence-corrected chi connectivity index (χ3v) is 4.63. The molecule has 1 aliphatic rings. The molecule has 2 rings (SSSR count). The summed E-state index contributed by atoms with van der Waals surface area (Å²) < 4.78 is 15.5. The maximum atomic E-state index is 12.5. The zero-order valence-electron chi connectivity index (χ0n) is 16.7. The van der Waals surface area contributed by atoms with Crippen molar-refractivity contribution in [2.75, 3.05) is 34.0 Å². The van der Waals surface area contributed by atoms with Gasteiger partial charge in [0.15, 0.2) is 11.5 Å². The number of carbonyl (C=O) groups is 2. The van der Waals surface area contributed by atoms with Gasteiger partial charge < -0.3 is 24.8 Å². The summed E-state index contributed by atoms with van der Waals surface area (Å²) in [6.07, 6.45) is 4.27. The number of methoxy groups -OCH3 is 2. The molecule has 0 bridgehead atoms. The van der Waals surface area contributed by atoms with Gasteiger partial charge in [-0.05, 0) is 12.8 Å². The number of nitrogens with zero attached hydrogens (tertiary/aromatic N) is 1. The van der Waals surface area contributed by atoms with Gasteiger partial charge in [0.2, 0.25) is 5.91 Å². The van der Waals surface area contributed by atoms with Crippen molar-refractivity contribution in [3.05, 3.63) is 27.8 Å². The predicted octanol–water partition coefficient (Wildman–Crippen LogP) is 1.81. The van der Waals surface area contributed by atoms with Crippen LogP contribution in [0.5, 0.6) is 11.5 Å². The van der Waals surface area contributed by atoms with E-state index in [1.165, 1.54) is 20.3 Å². The zero-order valence-corrected chi connectivity index (χ0v) is 16.7. The van der Waals surface area contributed by atoms with Crippen molar-refractivity contribution in [3.63, 3.8) is 0 Å². The van der Waals surface area contributed by atoms with Crippen molar-refractivity contribution >= 4 is 17.5 Å². The van der Waals surface area contributed by atoms with E-state index in [2.05, 4.69) is 10.6 Å². The first-order valence-electron chi connectivity index (χ1n) is 9.52. The number of hydrogen-bond acceptors (Lipinski definition) is 7. The van der Waals surface area contributed by atoms with Gasteiger partial charge in [-0.1, -0.05) is 12.8 Å². The second kappa shape index (κ2) is 11.2. The normalized spacial score (nSPS) is 13.7. The number of benzene rings is 1. The van der Waals surface area contributed by atoms with Crippen LogP contribution in [0.25, 0.3) is 0 Å². The summed E-state index contributed by atoms with van der Waals surface area (Å²) >= 11 is 0. The fraction of sp³-hybridized carbons (Fsp3) is 0.579. The van der Waals surface area contributed by atoms with E-state index in [1.54, 1.807) is 0 Å². The van der Waals surface area contributed by atoms with E-state index in [9.17, 15) is 19.7 Å². The summed E-state index contributed by atoms with van der Waals surface area (Å²) in [5, 5.41) is 16.9. The van der Waals surface area contributed by atoms with E-state index in [1.807, 2.05) is 0 Å². The molecule has 10 heteroatoms. The number of nitrogens with one attached hydrogen (secondary N) is 2. The summed E-state index contributed by atoms with van der Waals surface area (Å²) in [5.41, 5.74) is -0.576. The second-order valence-electron chi connectivity index (χ2n) is 6.67. The third-order valence-electron chi connectivity index (χ3n) is 4.63. The summed E-state index contributed by atoms with van der Waals surface area (Å²) in [6.45, 7) is 0.538. The minimum absolute atomic E-state index is 0.0724. The molecular formula is C19H27N3O7. The molecule has 1 aromatic carbocycles. The highest BCUT2D eigenvalue weighted by Crippen LogP contribution is 2.34. The molecular weight excluding hydrogens is 382 g/mol. The molecule has 0 unspecified atom stereocenters. The Balaban J connectivity index is 2.01. The Hall–Kier alpha value is -2.88. The Morgan fingerprint density at radius 1 is 1.17 bits per heavy atom. The van der Waals surface area contributed by atoms with Crippen molar-refractivity contribution in [3.8, 4) is 11.5 Å². The average Bonchev–Trinajstić information content (AvgIpc) is 3.20. The molecule has 1 aliphatic carbocycles. The van der Waals surface area contributed by atoms with Crippen LogP contribution in [-0.4, -0.2) is 56.8 Å². The Morgan fingerprint density at radius 3 is 2.52 bits per heavy atom. The fourth-order valence-corrected chi connectivity index (χ4v) is 3.14. The topological polar surface area (TPSA) is 129 Å². The van der Waals surface area contributed by atoms with Crippen molar-refractivity contribution in [1.29, 1.82) is 0 Å². The average molecular weight is 409 g/mol. The van der Waals surface area contributed by atoms with Gasteiger partial charge >= 0.3 is 0 Å². The van der Waals surface area contributed by atoms with Gasteiger partial charge in [-0.25, -0.2) is 0 Å². The molecule has 1 fully saturated rings. The molecule has 29 heavy (non-hydrogen) atoms. The second-order valence-corrected chi connectivity index (χ2v) is 6.67. The Bertz CT molecular complexity index is 733. The Morgan fingerprint density at radius 2 is 1.90 bits per heavy atom. The molecule has 0 heterocycles. The summed E-state index contributed by atoms with van der Waals surface area (Å²) in [4.78, 5) is 35.2. The lowest BCUT2D eigenvalue weighted by Gasteiger charge is -2.13. The monoisotopic (exact) mass is 409 g/mol. The van der Waals surface area contributed by atoms with Gasteiger partial charge in [0.1, 0.15) is 12.2 Å². The molecule has 2 amide bonds. The number of carbonyl (C=O) groups excluding carboxylic acids is 2. The van der Waals surface area contributed by atoms with Gasteiger partial charge in [-0.3, -0.25) is 19.7 Å². The molecule has 2 N–H and O–H groups in total. The number of nitro groups is 1. The lowest BCUT2D eigenvalue weighted by atomic mass is 10.1. The number of rotatable bonds is 11. The van der Waals surface area contributed by atoms with Crippen LogP contribution in [0.4, 0.5) is 5.69 Å². The maximum absolute atomic E-state index is 12.5. The lowest BCUT2D eigenvalue weighted by Crippen LogP contribution is -2.35. The summed E-state index contributed by atoms with van der Waals surface area (Å²) in [6, 6.07) is 2.61. The van der Waals surface area contributed by atoms with Crippen LogP contribution < -0.4 is 20.1 Å². The molecule has 0 aromatic heterocycles. The largest absolute Gasteiger partial charge is 0.493 e. The van der Waals surface area contributed by atoms with Gasteiger partial charge in [0.05, 0.1) is 24.7 Å². The van der Waals surface area contributed by atoms with Crippen molar-refractivity contribution in [2.24, 2.45) is 0 Å². The highest BCUT2D eigenvalue weighted by atomic mass is 16.6. The molecule has 0 saturated heterocycles. The molecule has 0 radical (unpaired) electrons. The number of amides is 2. The highest BCUT2D eigenvalue weighted by molar-refractivity contribution is 5.99. The van der Waals surface area contributed by atoms with E-state index in [4.69, 9.17) is 14.2 Å². The predicted molar refractivity (Wildman–Crippen MR) is 104 cm³/mol. The van der Waals surface area contributed by atoms with Crippen LogP contribution >= 0.6 is 0 Å². The van der Waals surface area contributed by atoms with E-state index in [-0.39, 0.29) is 48.6 Å². The molecule has 160 valence electrons. The quantitative estimate of drug-likeness (QED) is 0.324. The number of hydrogen-bond donors (Lipinski definition) is 2. The Kier molecular flexibility index (Phi) is 8.66. The smallest absolute Gasteiger partial charge is 0.286 e. The molecule has 0 atom stereocenters. The van der Waals surface area contributed by atoms with Gasteiger partial charge in [0, 0.05) is 32.2 Å². The first-order chi connectivity index (χ1) is 14.0. The van der Waals surface area contributed by atoms with Crippen LogP contribution in [-0.2, 0) is 9.53 Å². The highest BCUT2D eigenvalue weighted by Gasteiger charge is 2.25. The van der Waals surface area contributed by atoms with E-state index in [0.717, 1.165) is 31.7 Å². The number of nitro benzene ring substituents is 1. The minimum Gasteiger partial charge on any atom is -0.493 e. The van der Waals surface area contributed by atoms with Gasteiger partial charge in [-0.15, -0.1) is 0 Å². The van der Waals surface area contributed by atoms with Crippen LogP contribution in [0.1, 0.15) is 42.5 Å². The summed E-state index contributed by atoms with van der Waals surface area (Å²) in [5.74, 6) is -0.474. The van der Waals surface area contributed by atoms with Crippen LogP contribution in [0, 0.1) is 10.1 Å². The first-order valence-corrected chi connectivity index (χ1v) is 9.52. The molecule has 1 aromatic rings. The first kappa shape index (κ1) is 22.4. The SMILES string of the molecule is COCCOc1cc([N+](=O)[O-])c(C(=O)NCCC(=O)NC2CCCC2)cc1OC. The van der Waals surface area contributed by atoms with Crippen LogP contribution in [0.15, 0.2) is 12.1 Å². The van der Waals surface area contributed by atoms with E-state index < -0.39 is 16.5 Å². The number of ether oxygens (including phenoxy) is 3. The summed E-state index contributed by atoms with van der Waals surface area (Å²) in [7, 11) is 2.88. The van der Waals surface area contributed by atoms with E-state index >= 15 is 0 Å². The fourth-order valence-electron chi connectivity index (χ4n) is 3.14. The lowest BCUT2D eigenvalue weighted by molar-refractivity contribution is -0.385. The van der Waals surface area contributed by atoms with Gasteiger partial charge in [-0.2, -0.15) is 0 Å². The zero-order chi connectivity index (χ0) is 21.2. The van der Waals surface area contributed by atoms with E-state index in [0.29, 0.717) is 6.61 Å². The molecule has 1 saturated carbocycles. The van der Waals surface area contributed by atoms with Gasteiger partial charge in [0.25, 0.3) is 11.6 Å². The Labute approximate surface area is 169 Å².